The van der Waals surface area contributed by atoms with Gasteiger partial charge in [-0.15, -0.1) is 0 Å². The Morgan fingerprint density at radius 1 is 1.55 bits per heavy atom. The van der Waals surface area contributed by atoms with Crippen LogP contribution in [0, 0.1) is 10.1 Å². The molecular formula is C14H16N4O4. The molecule has 22 heavy (non-hydrogen) atoms. The topological polar surface area (TPSA) is 102 Å². The van der Waals surface area contributed by atoms with E-state index in [0.29, 0.717) is 18.8 Å². The maximum absolute atomic E-state index is 10.9. The van der Waals surface area contributed by atoms with Crippen LogP contribution in [0.3, 0.4) is 0 Å². The molecule has 1 aromatic carbocycles. The minimum Gasteiger partial charge on any atom is -0.497 e. The maximum Gasteiger partial charge on any atom is 0.307 e. The van der Waals surface area contributed by atoms with Gasteiger partial charge in [0.25, 0.3) is 0 Å². The Hall–Kier alpha value is -2.45. The highest BCUT2D eigenvalue weighted by atomic mass is 16.6. The third-order valence-corrected chi connectivity index (χ3v) is 3.84. The summed E-state index contributed by atoms with van der Waals surface area (Å²) in [5.74, 6) is 0.653. The van der Waals surface area contributed by atoms with Gasteiger partial charge in [0.15, 0.2) is 0 Å². The smallest absolute Gasteiger partial charge is 0.307 e. The van der Waals surface area contributed by atoms with Crippen molar-refractivity contribution in [1.29, 1.82) is 0 Å². The Bertz CT molecular complexity index is 696. The number of ether oxygens (including phenoxy) is 1. The highest BCUT2D eigenvalue weighted by Crippen LogP contribution is 2.34. The summed E-state index contributed by atoms with van der Waals surface area (Å²) >= 11 is 0. The first kappa shape index (κ1) is 14.5. The van der Waals surface area contributed by atoms with Crippen molar-refractivity contribution in [3.8, 4) is 5.75 Å². The Kier molecular flexibility index (Phi) is 3.55. The van der Waals surface area contributed by atoms with Gasteiger partial charge in [0.05, 0.1) is 12.0 Å². The quantitative estimate of drug-likeness (QED) is 0.623. The molecule has 1 saturated heterocycles. The summed E-state index contributed by atoms with van der Waals surface area (Å²) in [6, 6.07) is 6.73. The number of β-amino-alcohol motifs (C(OH)–C–C–N with tert-alkyl or cyclic N) is 1. The van der Waals surface area contributed by atoms with Crippen LogP contribution in [-0.4, -0.2) is 45.6 Å². The maximum atomic E-state index is 10.9. The fourth-order valence-electron chi connectivity index (χ4n) is 2.66. The molecule has 8 heteroatoms. The molecule has 2 heterocycles. The molecule has 2 N–H and O–H groups in total. The number of aliphatic hydroxyl groups is 1. The normalized spacial score (nSPS) is 17.5. The highest BCUT2D eigenvalue weighted by molar-refractivity contribution is 5.34. The standard InChI is InChI=1S/C14H16N4O4/c1-22-12-4-2-3-10(5-12)13(14(19)8-15-9-14)17-7-11(6-16-17)18(20)21/h2-7,13,15,19H,8-9H2,1H3. The molecule has 8 nitrogen and oxygen atoms in total. The van der Waals surface area contributed by atoms with Crippen LogP contribution in [0.25, 0.3) is 0 Å². The summed E-state index contributed by atoms with van der Waals surface area (Å²) in [5.41, 5.74) is -0.378. The Morgan fingerprint density at radius 2 is 2.32 bits per heavy atom. The lowest BCUT2D eigenvalue weighted by Gasteiger charge is -2.43. The number of hydrogen-bond donors (Lipinski definition) is 2. The van der Waals surface area contributed by atoms with Crippen LogP contribution >= 0.6 is 0 Å². The molecule has 3 rings (SSSR count). The molecule has 1 fully saturated rings. The van der Waals surface area contributed by atoms with E-state index in [1.54, 1.807) is 19.2 Å². The molecule has 116 valence electrons. The van der Waals surface area contributed by atoms with E-state index in [9.17, 15) is 15.2 Å². The second-order valence-electron chi connectivity index (χ2n) is 5.32. The summed E-state index contributed by atoms with van der Waals surface area (Å²) < 4.78 is 6.65. The number of hydrogen-bond acceptors (Lipinski definition) is 6. The minimum absolute atomic E-state index is 0.108. The summed E-state index contributed by atoms with van der Waals surface area (Å²) in [5, 5.41) is 28.7. The number of benzene rings is 1. The fourth-order valence-corrected chi connectivity index (χ4v) is 2.66. The molecule has 0 amide bonds. The second-order valence-corrected chi connectivity index (χ2v) is 5.32. The zero-order chi connectivity index (χ0) is 15.7. The third-order valence-electron chi connectivity index (χ3n) is 3.84. The van der Waals surface area contributed by atoms with Crippen molar-refractivity contribution in [2.75, 3.05) is 20.2 Å². The van der Waals surface area contributed by atoms with Gasteiger partial charge in [-0.05, 0) is 17.7 Å². The molecule has 1 aliphatic rings. The first-order chi connectivity index (χ1) is 10.5. The number of nitrogens with zero attached hydrogens (tertiary/aromatic N) is 3. The minimum atomic E-state index is -1.05. The van der Waals surface area contributed by atoms with Crippen LogP contribution < -0.4 is 10.1 Å². The molecule has 1 aromatic heterocycles. The van der Waals surface area contributed by atoms with Gasteiger partial charge in [0, 0.05) is 13.1 Å². The van der Waals surface area contributed by atoms with E-state index in [2.05, 4.69) is 10.4 Å². The van der Waals surface area contributed by atoms with E-state index in [-0.39, 0.29) is 5.69 Å². The molecule has 1 aliphatic heterocycles. The van der Waals surface area contributed by atoms with Gasteiger partial charge in [-0.1, -0.05) is 12.1 Å². The first-order valence-electron chi connectivity index (χ1n) is 6.79. The van der Waals surface area contributed by atoms with Gasteiger partial charge in [-0.25, -0.2) is 0 Å². The molecule has 0 bridgehead atoms. The average Bonchev–Trinajstić information content (AvgIpc) is 2.95. The first-order valence-corrected chi connectivity index (χ1v) is 6.79. The zero-order valence-corrected chi connectivity index (χ0v) is 12.0. The van der Waals surface area contributed by atoms with Crippen LogP contribution in [0.4, 0.5) is 5.69 Å². The van der Waals surface area contributed by atoms with Gasteiger partial charge in [-0.2, -0.15) is 5.10 Å². The van der Waals surface area contributed by atoms with Crippen molar-refractivity contribution in [1.82, 2.24) is 15.1 Å². The lowest BCUT2D eigenvalue weighted by Crippen LogP contribution is -2.64. The monoisotopic (exact) mass is 304 g/mol. The van der Waals surface area contributed by atoms with E-state index in [0.717, 1.165) is 5.56 Å². The number of aromatic nitrogens is 2. The largest absolute Gasteiger partial charge is 0.497 e. The Labute approximate surface area is 126 Å². The van der Waals surface area contributed by atoms with Gasteiger partial charge in [0.1, 0.15) is 29.8 Å². The predicted molar refractivity (Wildman–Crippen MR) is 77.8 cm³/mol. The average molecular weight is 304 g/mol. The number of rotatable bonds is 5. The SMILES string of the molecule is COc1cccc(C(n2cc([N+](=O)[O-])cn2)C2(O)CNC2)c1. The molecular weight excluding hydrogens is 288 g/mol. The summed E-state index contributed by atoms with van der Waals surface area (Å²) in [4.78, 5) is 10.4. The summed E-state index contributed by atoms with van der Waals surface area (Å²) in [6.07, 6.45) is 2.52. The molecule has 2 aromatic rings. The molecule has 0 spiro atoms. The number of nitrogens with one attached hydrogen (secondary N) is 1. The summed E-state index contributed by atoms with van der Waals surface area (Å²) in [7, 11) is 1.56. The lowest BCUT2D eigenvalue weighted by molar-refractivity contribution is -0.385. The van der Waals surface area contributed by atoms with Crippen LogP contribution in [-0.2, 0) is 0 Å². The summed E-state index contributed by atoms with van der Waals surface area (Å²) in [6.45, 7) is 0.783. The van der Waals surface area contributed by atoms with Crippen LogP contribution in [0.5, 0.6) is 5.75 Å². The molecule has 1 atom stereocenters. The lowest BCUT2D eigenvalue weighted by atomic mass is 9.83. The van der Waals surface area contributed by atoms with Crippen molar-refractivity contribution in [2.45, 2.75) is 11.6 Å². The second kappa shape index (κ2) is 5.39. The predicted octanol–water partition coefficient (Wildman–Crippen LogP) is 0.724. The van der Waals surface area contributed by atoms with E-state index < -0.39 is 16.6 Å². The number of methoxy groups -OCH3 is 1. The fraction of sp³-hybridized carbons (Fsp3) is 0.357. The number of nitro groups is 1. The Balaban J connectivity index is 2.05. The van der Waals surface area contributed by atoms with Crippen molar-refractivity contribution in [2.24, 2.45) is 0 Å². The zero-order valence-electron chi connectivity index (χ0n) is 12.0. The van der Waals surface area contributed by atoms with Crippen molar-refractivity contribution >= 4 is 5.69 Å². The van der Waals surface area contributed by atoms with Gasteiger partial charge < -0.3 is 15.2 Å². The van der Waals surface area contributed by atoms with E-state index in [4.69, 9.17) is 4.74 Å². The Morgan fingerprint density at radius 3 is 2.86 bits per heavy atom. The van der Waals surface area contributed by atoms with Crippen LogP contribution in [0.15, 0.2) is 36.7 Å². The van der Waals surface area contributed by atoms with Gasteiger partial charge in [0.2, 0.25) is 0 Å². The van der Waals surface area contributed by atoms with Crippen molar-refractivity contribution in [3.63, 3.8) is 0 Å². The van der Waals surface area contributed by atoms with Crippen molar-refractivity contribution in [3.05, 3.63) is 52.3 Å². The third kappa shape index (κ3) is 2.42. The molecule has 1 unspecified atom stereocenters. The molecule has 0 saturated carbocycles. The van der Waals surface area contributed by atoms with Crippen molar-refractivity contribution < 1.29 is 14.8 Å². The van der Waals surface area contributed by atoms with E-state index in [1.165, 1.54) is 17.1 Å². The molecule has 0 aliphatic carbocycles. The van der Waals surface area contributed by atoms with Gasteiger partial charge >= 0.3 is 5.69 Å². The highest BCUT2D eigenvalue weighted by Gasteiger charge is 2.45. The van der Waals surface area contributed by atoms with E-state index >= 15 is 0 Å². The van der Waals surface area contributed by atoms with Crippen LogP contribution in [0.1, 0.15) is 11.6 Å². The molecule has 0 radical (unpaired) electrons. The van der Waals surface area contributed by atoms with Gasteiger partial charge in [-0.3, -0.25) is 14.8 Å². The van der Waals surface area contributed by atoms with E-state index in [1.807, 2.05) is 12.1 Å². The van der Waals surface area contributed by atoms with Crippen LogP contribution in [0.2, 0.25) is 0 Å².